The number of carbonyl (C=O) groups excluding carboxylic acids is 2. The first kappa shape index (κ1) is 19.4. The highest BCUT2D eigenvalue weighted by Gasteiger charge is 2.26. The molecule has 1 atom stereocenters. The van der Waals surface area contributed by atoms with Gasteiger partial charge in [-0.3, -0.25) is 9.59 Å². The zero-order valence-electron chi connectivity index (χ0n) is 15.2. The van der Waals surface area contributed by atoms with Crippen molar-refractivity contribution in [1.29, 1.82) is 0 Å². The zero-order valence-corrected chi connectivity index (χ0v) is 15.2. The molecule has 0 aliphatic rings. The number of hydrogen-bond acceptors (Lipinski definition) is 4. The first-order valence-electron chi connectivity index (χ1n) is 8.27. The highest BCUT2D eigenvalue weighted by molar-refractivity contribution is 6.04. The normalized spacial score (nSPS) is 12.3. The molecule has 1 N–H and O–H groups in total. The third-order valence-electron chi connectivity index (χ3n) is 3.69. The van der Waals surface area contributed by atoms with Gasteiger partial charge in [-0.25, -0.2) is 0 Å². The molecule has 0 fully saturated rings. The summed E-state index contributed by atoms with van der Waals surface area (Å²) in [6.07, 6.45) is 0.0617. The lowest BCUT2D eigenvalue weighted by Crippen LogP contribution is -2.41. The molecule has 0 amide bonds. The first-order chi connectivity index (χ1) is 10.8. The van der Waals surface area contributed by atoms with Gasteiger partial charge in [-0.15, -0.1) is 0 Å². The van der Waals surface area contributed by atoms with Crippen LogP contribution in [0.5, 0.6) is 0 Å². The van der Waals surface area contributed by atoms with Crippen LogP contribution in [0.4, 0.5) is 0 Å². The van der Waals surface area contributed by atoms with Gasteiger partial charge in [0.25, 0.3) is 0 Å². The molecule has 128 valence electrons. The SMILES string of the molecule is CCOC(=O)CC(NCC(C)C)C(=O)c1c(C)cc(C)cc1C. The van der Waals surface area contributed by atoms with E-state index in [-0.39, 0.29) is 18.2 Å². The van der Waals surface area contributed by atoms with Crippen LogP contribution in [0.1, 0.15) is 54.2 Å². The van der Waals surface area contributed by atoms with Crippen molar-refractivity contribution in [2.24, 2.45) is 5.92 Å². The number of aryl methyl sites for hydroxylation is 3. The van der Waals surface area contributed by atoms with Crippen LogP contribution in [0.25, 0.3) is 0 Å². The van der Waals surface area contributed by atoms with Gasteiger partial charge in [0.15, 0.2) is 5.78 Å². The first-order valence-corrected chi connectivity index (χ1v) is 8.27. The molecule has 0 aliphatic heterocycles. The van der Waals surface area contributed by atoms with Gasteiger partial charge in [0.05, 0.1) is 19.1 Å². The summed E-state index contributed by atoms with van der Waals surface area (Å²) in [6.45, 7) is 12.8. The van der Waals surface area contributed by atoms with Gasteiger partial charge in [-0.05, 0) is 51.3 Å². The predicted octanol–water partition coefficient (Wildman–Crippen LogP) is 3.36. The fraction of sp³-hybridized carbons (Fsp3) is 0.579. The van der Waals surface area contributed by atoms with Crippen molar-refractivity contribution in [2.75, 3.05) is 13.2 Å². The third kappa shape index (κ3) is 5.79. The van der Waals surface area contributed by atoms with Crippen LogP contribution in [-0.2, 0) is 9.53 Å². The Hall–Kier alpha value is -1.68. The maximum atomic E-state index is 13.0. The van der Waals surface area contributed by atoms with Crippen molar-refractivity contribution in [3.8, 4) is 0 Å². The van der Waals surface area contributed by atoms with E-state index in [0.29, 0.717) is 24.6 Å². The fourth-order valence-electron chi connectivity index (χ4n) is 2.77. The van der Waals surface area contributed by atoms with Crippen molar-refractivity contribution in [1.82, 2.24) is 5.32 Å². The zero-order chi connectivity index (χ0) is 17.6. The molecule has 0 heterocycles. The smallest absolute Gasteiger partial charge is 0.307 e. The minimum atomic E-state index is -0.545. The molecule has 0 aliphatic carbocycles. The number of nitrogens with one attached hydrogen (secondary N) is 1. The van der Waals surface area contributed by atoms with Crippen LogP contribution in [0.15, 0.2) is 12.1 Å². The average molecular weight is 319 g/mol. The minimum absolute atomic E-state index is 0.0336. The Kier molecular flexibility index (Phi) is 7.43. The molecule has 0 radical (unpaired) electrons. The monoisotopic (exact) mass is 319 g/mol. The van der Waals surface area contributed by atoms with Crippen molar-refractivity contribution in [3.63, 3.8) is 0 Å². The van der Waals surface area contributed by atoms with Crippen molar-refractivity contribution < 1.29 is 14.3 Å². The second kappa shape index (κ2) is 8.82. The summed E-state index contributed by atoms with van der Waals surface area (Å²) in [7, 11) is 0. The molecule has 1 aromatic rings. The van der Waals surface area contributed by atoms with Crippen molar-refractivity contribution in [3.05, 3.63) is 34.4 Å². The van der Waals surface area contributed by atoms with Crippen LogP contribution in [0.2, 0.25) is 0 Å². The number of Topliss-reactive ketones (excluding diaryl/α,β-unsaturated/α-hetero) is 1. The topological polar surface area (TPSA) is 55.4 Å². The van der Waals surface area contributed by atoms with Crippen LogP contribution in [-0.4, -0.2) is 30.9 Å². The third-order valence-corrected chi connectivity index (χ3v) is 3.69. The maximum Gasteiger partial charge on any atom is 0.307 e. The highest BCUT2D eigenvalue weighted by Crippen LogP contribution is 2.19. The summed E-state index contributed by atoms with van der Waals surface area (Å²) in [6, 6.07) is 3.46. The van der Waals surface area contributed by atoms with Gasteiger partial charge < -0.3 is 10.1 Å². The molecule has 0 saturated carbocycles. The predicted molar refractivity (Wildman–Crippen MR) is 92.9 cm³/mol. The van der Waals surface area contributed by atoms with Gasteiger partial charge in [-0.2, -0.15) is 0 Å². The van der Waals surface area contributed by atoms with E-state index in [0.717, 1.165) is 16.7 Å². The standard InChI is InChI=1S/C19H29NO3/c1-7-23-17(21)10-16(20-11-12(2)3)19(22)18-14(5)8-13(4)9-15(18)6/h8-9,12,16,20H,7,10-11H2,1-6H3. The Balaban J connectivity index is 3.05. The molecule has 0 spiro atoms. The van der Waals surface area contributed by atoms with E-state index in [1.54, 1.807) is 6.92 Å². The van der Waals surface area contributed by atoms with Gasteiger partial charge in [0, 0.05) is 5.56 Å². The van der Waals surface area contributed by atoms with Crippen molar-refractivity contribution in [2.45, 2.75) is 54.0 Å². The van der Waals surface area contributed by atoms with Crippen LogP contribution in [0.3, 0.4) is 0 Å². The Morgan fingerprint density at radius 3 is 2.17 bits per heavy atom. The summed E-state index contributed by atoms with van der Waals surface area (Å²) in [4.78, 5) is 24.8. The van der Waals surface area contributed by atoms with E-state index in [2.05, 4.69) is 19.2 Å². The number of carbonyl (C=O) groups is 2. The molecular formula is C19H29NO3. The molecule has 4 heteroatoms. The van der Waals surface area contributed by atoms with Gasteiger partial charge in [0.2, 0.25) is 0 Å². The van der Waals surface area contributed by atoms with Gasteiger partial charge >= 0.3 is 5.97 Å². The maximum absolute atomic E-state index is 13.0. The molecular weight excluding hydrogens is 290 g/mol. The lowest BCUT2D eigenvalue weighted by molar-refractivity contribution is -0.143. The molecule has 0 saturated heterocycles. The van der Waals surface area contributed by atoms with Crippen LogP contribution < -0.4 is 5.32 Å². The second-order valence-electron chi connectivity index (χ2n) is 6.50. The summed E-state index contributed by atoms with van der Waals surface area (Å²) in [5, 5.41) is 3.23. The van der Waals surface area contributed by atoms with E-state index >= 15 is 0 Å². The Morgan fingerprint density at radius 2 is 1.70 bits per heavy atom. The molecule has 0 aromatic heterocycles. The number of benzene rings is 1. The number of hydrogen-bond donors (Lipinski definition) is 1. The van der Waals surface area contributed by atoms with Gasteiger partial charge in [0.1, 0.15) is 0 Å². The lowest BCUT2D eigenvalue weighted by atomic mass is 9.92. The minimum Gasteiger partial charge on any atom is -0.466 e. The Labute approximate surface area is 139 Å². The molecule has 23 heavy (non-hydrogen) atoms. The largest absolute Gasteiger partial charge is 0.466 e. The number of ketones is 1. The van der Waals surface area contributed by atoms with Gasteiger partial charge in [-0.1, -0.05) is 31.5 Å². The van der Waals surface area contributed by atoms with E-state index in [4.69, 9.17) is 4.74 Å². The lowest BCUT2D eigenvalue weighted by Gasteiger charge is -2.20. The molecule has 1 rings (SSSR count). The van der Waals surface area contributed by atoms with Crippen LogP contribution >= 0.6 is 0 Å². The van der Waals surface area contributed by atoms with Crippen LogP contribution in [0, 0.1) is 26.7 Å². The average Bonchev–Trinajstić information content (AvgIpc) is 2.42. The number of esters is 1. The van der Waals surface area contributed by atoms with E-state index in [9.17, 15) is 9.59 Å². The van der Waals surface area contributed by atoms with E-state index in [1.165, 1.54) is 0 Å². The number of rotatable bonds is 8. The van der Waals surface area contributed by atoms with E-state index in [1.807, 2.05) is 32.9 Å². The summed E-state index contributed by atoms with van der Waals surface area (Å²) in [5.74, 6) is 0.0194. The summed E-state index contributed by atoms with van der Waals surface area (Å²) in [5.41, 5.74) is 3.75. The van der Waals surface area contributed by atoms with Crippen molar-refractivity contribution >= 4 is 11.8 Å². The second-order valence-corrected chi connectivity index (χ2v) is 6.50. The summed E-state index contributed by atoms with van der Waals surface area (Å²) < 4.78 is 5.01. The summed E-state index contributed by atoms with van der Waals surface area (Å²) >= 11 is 0. The van der Waals surface area contributed by atoms with E-state index < -0.39 is 6.04 Å². The molecule has 4 nitrogen and oxygen atoms in total. The molecule has 1 unspecified atom stereocenters. The Morgan fingerprint density at radius 1 is 1.13 bits per heavy atom. The molecule has 0 bridgehead atoms. The molecule has 1 aromatic carbocycles. The quantitative estimate of drug-likeness (QED) is 0.589. The highest BCUT2D eigenvalue weighted by atomic mass is 16.5. The Bertz CT molecular complexity index is 541. The fourth-order valence-corrected chi connectivity index (χ4v) is 2.77. The number of ether oxygens (including phenoxy) is 1.